The van der Waals surface area contributed by atoms with Gasteiger partial charge in [0, 0.05) is 22.6 Å². The molecule has 5 heteroatoms. The fraction of sp³-hybridized carbons (Fsp3) is 0.364. The van der Waals surface area contributed by atoms with Crippen LogP contribution in [0, 0.1) is 19.3 Å². The Bertz CT molecular complexity index is 451. The van der Waals surface area contributed by atoms with Crippen LogP contribution in [0.25, 0.3) is 0 Å². The maximum absolute atomic E-state index is 11.5. The zero-order chi connectivity index (χ0) is 12.1. The Kier molecular flexibility index (Phi) is 4.47. The lowest BCUT2D eigenvalue weighted by Crippen LogP contribution is -2.04. The van der Waals surface area contributed by atoms with Crippen LogP contribution in [0.1, 0.15) is 16.8 Å². The van der Waals surface area contributed by atoms with Crippen molar-refractivity contribution in [1.29, 1.82) is 0 Å². The van der Waals surface area contributed by atoms with Crippen molar-refractivity contribution >= 4 is 10.8 Å². The first-order valence-corrected chi connectivity index (χ1v) is 6.14. The molecule has 0 aromatic carbocycles. The number of aliphatic hydroxyl groups is 1. The fourth-order valence-electron chi connectivity index (χ4n) is 1.30. The predicted octanol–water partition coefficient (Wildman–Crippen LogP) is 0.470. The molecule has 0 fully saturated rings. The molecule has 0 saturated carbocycles. The number of pyridine rings is 1. The molecular weight excluding hydrogens is 226 g/mol. The van der Waals surface area contributed by atoms with Crippen molar-refractivity contribution in [3.05, 3.63) is 23.0 Å². The number of nitrogens with zero attached hydrogens (tertiary/aromatic N) is 1. The van der Waals surface area contributed by atoms with Crippen LogP contribution in [0.5, 0.6) is 5.75 Å². The molecule has 0 amide bonds. The highest BCUT2D eigenvalue weighted by Crippen LogP contribution is 2.24. The van der Waals surface area contributed by atoms with E-state index in [2.05, 4.69) is 10.9 Å². The van der Waals surface area contributed by atoms with Gasteiger partial charge in [0.2, 0.25) is 0 Å². The van der Waals surface area contributed by atoms with E-state index in [0.29, 0.717) is 16.8 Å². The van der Waals surface area contributed by atoms with Gasteiger partial charge in [0.1, 0.15) is 5.75 Å². The van der Waals surface area contributed by atoms with Gasteiger partial charge in [0.25, 0.3) is 0 Å². The van der Waals surface area contributed by atoms with Gasteiger partial charge in [-0.1, -0.05) is 5.92 Å². The topological polar surface area (TPSA) is 70.4 Å². The van der Waals surface area contributed by atoms with Gasteiger partial charge in [0.05, 0.1) is 23.8 Å². The monoisotopic (exact) mass is 239 g/mol. The number of aryl methyl sites for hydroxylation is 1. The molecule has 1 atom stereocenters. The molecule has 1 aromatic rings. The van der Waals surface area contributed by atoms with Crippen molar-refractivity contribution in [3.8, 4) is 18.1 Å². The third-order valence-corrected chi connectivity index (χ3v) is 3.27. The Balaban J connectivity index is 3.01. The molecule has 0 aliphatic heterocycles. The van der Waals surface area contributed by atoms with Crippen LogP contribution in [0.15, 0.2) is 6.20 Å². The summed E-state index contributed by atoms with van der Waals surface area (Å²) < 4.78 is 11.5. The quantitative estimate of drug-likeness (QED) is 0.749. The van der Waals surface area contributed by atoms with Crippen LogP contribution in [-0.2, 0) is 23.2 Å². The van der Waals surface area contributed by atoms with Gasteiger partial charge in [-0.2, -0.15) is 0 Å². The number of terminal acetylenes is 1. The lowest BCUT2D eigenvalue weighted by atomic mass is 10.1. The zero-order valence-corrected chi connectivity index (χ0v) is 9.75. The molecule has 0 radical (unpaired) electrons. The van der Waals surface area contributed by atoms with Crippen LogP contribution >= 0.6 is 0 Å². The summed E-state index contributed by atoms with van der Waals surface area (Å²) in [6.45, 7) is 1.33. The Hall–Kier alpha value is -1.38. The number of hydrogen-bond donors (Lipinski definition) is 2. The van der Waals surface area contributed by atoms with Crippen molar-refractivity contribution in [3.63, 3.8) is 0 Å². The largest absolute Gasteiger partial charge is 0.506 e. The normalized spacial score (nSPS) is 12.1. The van der Waals surface area contributed by atoms with Crippen LogP contribution in [-0.4, -0.2) is 25.2 Å². The SMILES string of the molecule is C#CCS(=O)Cc1cnc(C)c(O)c1CO. The van der Waals surface area contributed by atoms with E-state index in [1.165, 1.54) is 6.20 Å². The predicted molar refractivity (Wildman–Crippen MR) is 62.1 cm³/mol. The number of rotatable bonds is 4. The summed E-state index contributed by atoms with van der Waals surface area (Å²) in [4.78, 5) is 3.95. The first kappa shape index (κ1) is 12.7. The average molecular weight is 239 g/mol. The number of aromatic hydroxyl groups is 1. The molecule has 0 saturated heterocycles. The van der Waals surface area contributed by atoms with Crippen LogP contribution in [0.4, 0.5) is 0 Å². The summed E-state index contributed by atoms with van der Waals surface area (Å²) in [5.74, 6) is 2.61. The minimum atomic E-state index is -1.20. The van der Waals surface area contributed by atoms with Gasteiger partial charge in [-0.05, 0) is 12.5 Å². The van der Waals surface area contributed by atoms with E-state index in [1.54, 1.807) is 6.92 Å². The molecule has 4 nitrogen and oxygen atoms in total. The first-order valence-electron chi connectivity index (χ1n) is 4.65. The van der Waals surface area contributed by atoms with E-state index in [1.807, 2.05) is 0 Å². The fourth-order valence-corrected chi connectivity index (χ4v) is 2.19. The lowest BCUT2D eigenvalue weighted by molar-refractivity contribution is 0.274. The summed E-state index contributed by atoms with van der Waals surface area (Å²) in [6, 6.07) is 0. The van der Waals surface area contributed by atoms with Gasteiger partial charge in [-0.3, -0.25) is 9.19 Å². The number of hydrogen-bond acceptors (Lipinski definition) is 4. The van der Waals surface area contributed by atoms with E-state index in [-0.39, 0.29) is 23.9 Å². The average Bonchev–Trinajstić information content (AvgIpc) is 2.24. The molecule has 1 rings (SSSR count). The van der Waals surface area contributed by atoms with Crippen molar-refractivity contribution in [1.82, 2.24) is 4.98 Å². The van der Waals surface area contributed by atoms with Crippen LogP contribution in [0.3, 0.4) is 0 Å². The van der Waals surface area contributed by atoms with E-state index in [4.69, 9.17) is 11.5 Å². The van der Waals surface area contributed by atoms with Crippen molar-refractivity contribution in [2.75, 3.05) is 5.75 Å². The molecule has 2 N–H and O–H groups in total. The molecule has 16 heavy (non-hydrogen) atoms. The minimum absolute atomic E-state index is 0.0438. The third-order valence-electron chi connectivity index (χ3n) is 2.15. The molecule has 0 aliphatic rings. The summed E-state index contributed by atoms with van der Waals surface area (Å²) in [7, 11) is -1.20. The van der Waals surface area contributed by atoms with E-state index >= 15 is 0 Å². The number of aromatic nitrogens is 1. The van der Waals surface area contributed by atoms with Gasteiger partial charge in [-0.25, -0.2) is 0 Å². The first-order chi connectivity index (χ1) is 7.60. The minimum Gasteiger partial charge on any atom is -0.506 e. The van der Waals surface area contributed by atoms with E-state index in [9.17, 15) is 9.32 Å². The van der Waals surface area contributed by atoms with Gasteiger partial charge >= 0.3 is 0 Å². The summed E-state index contributed by atoms with van der Waals surface area (Å²) in [5.41, 5.74) is 1.38. The van der Waals surface area contributed by atoms with E-state index in [0.717, 1.165) is 0 Å². The Morgan fingerprint density at radius 2 is 2.31 bits per heavy atom. The Morgan fingerprint density at radius 1 is 1.62 bits per heavy atom. The lowest BCUT2D eigenvalue weighted by Gasteiger charge is -2.09. The van der Waals surface area contributed by atoms with Gasteiger partial charge in [0.15, 0.2) is 0 Å². The van der Waals surface area contributed by atoms with Crippen molar-refractivity contribution in [2.45, 2.75) is 19.3 Å². The van der Waals surface area contributed by atoms with Crippen LogP contribution < -0.4 is 0 Å². The Morgan fingerprint density at radius 3 is 2.88 bits per heavy atom. The summed E-state index contributed by atoms with van der Waals surface area (Å²) in [6.07, 6.45) is 6.56. The van der Waals surface area contributed by atoms with Gasteiger partial charge in [-0.15, -0.1) is 6.42 Å². The molecule has 1 aromatic heterocycles. The second kappa shape index (κ2) is 5.64. The Labute approximate surface area is 96.8 Å². The van der Waals surface area contributed by atoms with Gasteiger partial charge < -0.3 is 10.2 Å². The summed E-state index contributed by atoms with van der Waals surface area (Å²) in [5, 5.41) is 18.8. The third kappa shape index (κ3) is 2.81. The molecule has 1 unspecified atom stereocenters. The molecule has 0 bridgehead atoms. The maximum Gasteiger partial charge on any atom is 0.142 e. The standard InChI is InChI=1S/C11H13NO3S/c1-3-4-16(15)7-9-5-12-8(2)11(14)10(9)6-13/h1,5,13-14H,4,6-7H2,2H3. The highest BCUT2D eigenvalue weighted by atomic mass is 32.2. The zero-order valence-electron chi connectivity index (χ0n) is 8.93. The highest BCUT2D eigenvalue weighted by molar-refractivity contribution is 7.84. The second-order valence-corrected chi connectivity index (χ2v) is 4.74. The van der Waals surface area contributed by atoms with Crippen molar-refractivity contribution in [2.24, 2.45) is 0 Å². The van der Waals surface area contributed by atoms with Crippen molar-refractivity contribution < 1.29 is 14.4 Å². The smallest absolute Gasteiger partial charge is 0.142 e. The molecule has 0 aliphatic carbocycles. The van der Waals surface area contributed by atoms with Crippen LogP contribution in [0.2, 0.25) is 0 Å². The molecule has 86 valence electrons. The molecule has 1 heterocycles. The van der Waals surface area contributed by atoms with E-state index < -0.39 is 10.8 Å². The second-order valence-electron chi connectivity index (χ2n) is 3.29. The number of aliphatic hydroxyl groups excluding tert-OH is 1. The summed E-state index contributed by atoms with van der Waals surface area (Å²) >= 11 is 0. The molecule has 0 spiro atoms. The highest BCUT2D eigenvalue weighted by Gasteiger charge is 2.12. The maximum atomic E-state index is 11.5. The molecular formula is C11H13NO3S.